The van der Waals surface area contributed by atoms with E-state index in [1.807, 2.05) is 30.3 Å². The predicted octanol–water partition coefficient (Wildman–Crippen LogP) is 2.08. The molecule has 3 nitrogen and oxygen atoms in total. The molecule has 0 aliphatic carbocycles. The third kappa shape index (κ3) is 3.04. The fourth-order valence-corrected chi connectivity index (χ4v) is 2.57. The summed E-state index contributed by atoms with van der Waals surface area (Å²) in [5.74, 6) is 0. The number of hydrogen-bond acceptors (Lipinski definition) is 1. The molecule has 0 bridgehead atoms. The summed E-state index contributed by atoms with van der Waals surface area (Å²) in [6.45, 7) is 0. The van der Waals surface area contributed by atoms with Crippen LogP contribution in [0.5, 0.6) is 0 Å². The summed E-state index contributed by atoms with van der Waals surface area (Å²) in [6, 6.07) is 16.3. The summed E-state index contributed by atoms with van der Waals surface area (Å²) in [6.07, 6.45) is 0.530. The van der Waals surface area contributed by atoms with E-state index in [2.05, 4.69) is 0 Å². The minimum absolute atomic E-state index is 0.115. The Morgan fingerprint density at radius 3 is 2.12 bits per heavy atom. The first-order chi connectivity index (χ1) is 8.07. The van der Waals surface area contributed by atoms with Crippen molar-refractivity contribution in [2.24, 2.45) is 0 Å². The zero-order valence-corrected chi connectivity index (χ0v) is 10.0. The van der Waals surface area contributed by atoms with Crippen molar-refractivity contribution in [1.82, 2.24) is 0 Å². The Hall–Kier alpha value is -1.41. The summed E-state index contributed by atoms with van der Waals surface area (Å²) in [7, 11) is -4.19. The van der Waals surface area contributed by atoms with Gasteiger partial charge >= 0.3 is 7.60 Å². The second-order valence-corrected chi connectivity index (χ2v) is 5.40. The molecule has 0 amide bonds. The molecule has 0 spiro atoms. The molecule has 2 N–H and O–H groups in total. The van der Waals surface area contributed by atoms with Gasteiger partial charge in [0, 0.05) is 0 Å². The predicted molar refractivity (Wildman–Crippen MR) is 67.4 cm³/mol. The van der Waals surface area contributed by atoms with Crippen LogP contribution in [-0.2, 0) is 11.0 Å². The molecule has 0 aliphatic heterocycles. The summed E-state index contributed by atoms with van der Waals surface area (Å²) < 4.78 is 11.3. The molecule has 4 heteroatoms. The van der Waals surface area contributed by atoms with E-state index in [-0.39, 0.29) is 5.30 Å². The molecule has 0 aromatic heterocycles. The minimum atomic E-state index is -4.19. The van der Waals surface area contributed by atoms with Crippen LogP contribution >= 0.6 is 7.60 Å². The van der Waals surface area contributed by atoms with Gasteiger partial charge in [0.15, 0.2) is 0 Å². The van der Waals surface area contributed by atoms with Crippen LogP contribution < -0.4 is 5.30 Å². The summed E-state index contributed by atoms with van der Waals surface area (Å²) >= 11 is 0. The fraction of sp³-hybridized carbons (Fsp3) is 0.0769. The second kappa shape index (κ2) is 4.84. The molecule has 0 saturated heterocycles. The van der Waals surface area contributed by atoms with E-state index in [0.717, 1.165) is 5.56 Å². The topological polar surface area (TPSA) is 57.5 Å². The van der Waals surface area contributed by atoms with Crippen LogP contribution in [0.4, 0.5) is 0 Å². The Kier molecular flexibility index (Phi) is 3.43. The minimum Gasteiger partial charge on any atom is -0.321 e. The average molecular weight is 248 g/mol. The van der Waals surface area contributed by atoms with Gasteiger partial charge in [0.05, 0.1) is 5.30 Å². The first-order valence-electron chi connectivity index (χ1n) is 5.25. The molecule has 2 rings (SSSR count). The van der Waals surface area contributed by atoms with Gasteiger partial charge in [0.1, 0.15) is 0 Å². The monoisotopic (exact) mass is 248 g/mol. The lowest BCUT2D eigenvalue weighted by molar-refractivity contribution is 0.387. The zero-order valence-electron chi connectivity index (χ0n) is 9.15. The second-order valence-electron chi connectivity index (χ2n) is 3.84. The van der Waals surface area contributed by atoms with E-state index in [9.17, 15) is 14.4 Å². The molecule has 0 radical (unpaired) electrons. The van der Waals surface area contributed by atoms with Crippen molar-refractivity contribution in [3.05, 3.63) is 65.7 Å². The highest BCUT2D eigenvalue weighted by Gasteiger charge is 2.20. The van der Waals surface area contributed by atoms with Crippen LogP contribution in [0, 0.1) is 0 Å². The summed E-state index contributed by atoms with van der Waals surface area (Å²) in [5, 5.41) is 0.115. The Labute approximate surface area is 99.9 Å². The van der Waals surface area contributed by atoms with Crippen LogP contribution in [0.25, 0.3) is 0 Å². The highest BCUT2D eigenvalue weighted by molar-refractivity contribution is 7.60. The van der Waals surface area contributed by atoms with Crippen LogP contribution in [0.2, 0.25) is 0 Å². The quantitative estimate of drug-likeness (QED) is 0.817. The summed E-state index contributed by atoms with van der Waals surface area (Å²) in [4.78, 5) is 18.5. The molecule has 17 heavy (non-hydrogen) atoms. The third-order valence-electron chi connectivity index (χ3n) is 2.54. The SMILES string of the molecule is O=P(O)(O)c1ccccc1Cc1ccccc1. The van der Waals surface area contributed by atoms with Crippen molar-refractivity contribution in [1.29, 1.82) is 0 Å². The van der Waals surface area contributed by atoms with Gasteiger partial charge in [-0.2, -0.15) is 0 Å². The Bertz CT molecular complexity index is 546. The van der Waals surface area contributed by atoms with Crippen molar-refractivity contribution in [2.45, 2.75) is 6.42 Å². The van der Waals surface area contributed by atoms with E-state index in [1.54, 1.807) is 18.2 Å². The Balaban J connectivity index is 2.37. The Morgan fingerprint density at radius 2 is 1.47 bits per heavy atom. The standard InChI is InChI=1S/C13H13O3P/c14-17(15,16)13-9-5-4-8-12(13)10-11-6-2-1-3-7-11/h1-9H,10H2,(H2,14,15,16). The van der Waals surface area contributed by atoms with Crippen molar-refractivity contribution in [2.75, 3.05) is 0 Å². The van der Waals surface area contributed by atoms with Crippen LogP contribution in [0.15, 0.2) is 54.6 Å². The molecule has 2 aromatic carbocycles. The third-order valence-corrected chi connectivity index (χ3v) is 3.61. The van der Waals surface area contributed by atoms with Crippen molar-refractivity contribution in [3.63, 3.8) is 0 Å². The maximum Gasteiger partial charge on any atom is 0.356 e. The number of hydrogen-bond donors (Lipinski definition) is 2. The molecule has 0 saturated carbocycles. The first kappa shape index (κ1) is 12.1. The lowest BCUT2D eigenvalue weighted by atomic mass is 10.1. The normalized spacial score (nSPS) is 11.4. The van der Waals surface area contributed by atoms with Crippen LogP contribution in [-0.4, -0.2) is 9.79 Å². The molecular weight excluding hydrogens is 235 g/mol. The van der Waals surface area contributed by atoms with Crippen LogP contribution in [0.3, 0.4) is 0 Å². The van der Waals surface area contributed by atoms with E-state index in [4.69, 9.17) is 0 Å². The molecule has 2 aromatic rings. The molecule has 0 fully saturated rings. The molecule has 0 unspecified atom stereocenters. The van der Waals surface area contributed by atoms with Crippen molar-refractivity contribution < 1.29 is 14.4 Å². The highest BCUT2D eigenvalue weighted by atomic mass is 31.2. The molecule has 88 valence electrons. The Morgan fingerprint density at radius 1 is 0.882 bits per heavy atom. The van der Waals surface area contributed by atoms with Crippen LogP contribution in [0.1, 0.15) is 11.1 Å². The van der Waals surface area contributed by atoms with Gasteiger partial charge in [-0.1, -0.05) is 48.5 Å². The summed E-state index contributed by atoms with van der Waals surface area (Å²) in [5.41, 5.74) is 1.71. The molecule has 0 aliphatic rings. The first-order valence-corrected chi connectivity index (χ1v) is 6.86. The maximum atomic E-state index is 11.3. The largest absolute Gasteiger partial charge is 0.356 e. The smallest absolute Gasteiger partial charge is 0.321 e. The van der Waals surface area contributed by atoms with E-state index in [0.29, 0.717) is 12.0 Å². The maximum absolute atomic E-state index is 11.3. The average Bonchev–Trinajstić information content (AvgIpc) is 2.30. The zero-order chi connectivity index (χ0) is 12.3. The van der Waals surface area contributed by atoms with Gasteiger partial charge in [-0.3, -0.25) is 4.57 Å². The number of benzene rings is 2. The highest BCUT2D eigenvalue weighted by Crippen LogP contribution is 2.35. The van der Waals surface area contributed by atoms with Gasteiger partial charge in [-0.25, -0.2) is 0 Å². The van der Waals surface area contributed by atoms with Crippen molar-refractivity contribution in [3.8, 4) is 0 Å². The fourth-order valence-electron chi connectivity index (χ4n) is 1.76. The van der Waals surface area contributed by atoms with Gasteiger partial charge in [0.25, 0.3) is 0 Å². The number of rotatable bonds is 3. The van der Waals surface area contributed by atoms with Gasteiger partial charge in [0.2, 0.25) is 0 Å². The van der Waals surface area contributed by atoms with E-state index < -0.39 is 7.60 Å². The van der Waals surface area contributed by atoms with Gasteiger partial charge in [-0.05, 0) is 23.6 Å². The van der Waals surface area contributed by atoms with Gasteiger partial charge < -0.3 is 9.79 Å². The molecule has 0 atom stereocenters. The van der Waals surface area contributed by atoms with Gasteiger partial charge in [-0.15, -0.1) is 0 Å². The van der Waals surface area contributed by atoms with E-state index in [1.165, 1.54) is 6.07 Å². The molecular formula is C13H13O3P. The molecule has 0 heterocycles. The lowest BCUT2D eigenvalue weighted by Gasteiger charge is -2.10. The van der Waals surface area contributed by atoms with Crippen molar-refractivity contribution >= 4 is 12.9 Å². The van der Waals surface area contributed by atoms with E-state index >= 15 is 0 Å². The lowest BCUT2D eigenvalue weighted by Crippen LogP contribution is -2.10.